The minimum Gasteiger partial charge on any atom is -0.452 e. The molecule has 1 aliphatic rings. The zero-order chi connectivity index (χ0) is 18.0. The zero-order valence-electron chi connectivity index (χ0n) is 12.8. The van der Waals surface area contributed by atoms with Crippen LogP contribution >= 0.6 is 0 Å². The Labute approximate surface area is 136 Å². The number of carbonyl (C=O) groups is 2. The van der Waals surface area contributed by atoms with Gasteiger partial charge in [0.25, 0.3) is 5.91 Å². The maximum atomic E-state index is 12.8. The van der Waals surface area contributed by atoms with Crippen LogP contribution in [0.3, 0.4) is 0 Å². The van der Waals surface area contributed by atoms with E-state index in [1.54, 1.807) is 6.92 Å². The number of halogens is 3. The summed E-state index contributed by atoms with van der Waals surface area (Å²) in [5.74, 6) is -1.94. The number of nitrogens with one attached hydrogen (secondary N) is 1. The molecule has 0 saturated heterocycles. The lowest BCUT2D eigenvalue weighted by Crippen LogP contribution is -2.48. The standard InChI is InChI=1S/C16H15F3N2O3/c1-15(9-20,10-6-7-10)21-13(22)8-24-14(23)11-4-2-3-5-12(11)16(17,18)19/h2-5,10H,6-8H2,1H3,(H,21,22)/t15-/m0/s1. The van der Waals surface area contributed by atoms with Gasteiger partial charge in [0.15, 0.2) is 6.61 Å². The molecule has 1 aromatic rings. The maximum absolute atomic E-state index is 12.8. The van der Waals surface area contributed by atoms with Gasteiger partial charge in [0.2, 0.25) is 0 Å². The molecular formula is C16H15F3N2O3. The van der Waals surface area contributed by atoms with E-state index in [1.807, 2.05) is 6.07 Å². The van der Waals surface area contributed by atoms with Gasteiger partial charge in [-0.1, -0.05) is 12.1 Å². The van der Waals surface area contributed by atoms with Gasteiger partial charge in [-0.2, -0.15) is 18.4 Å². The molecule has 8 heteroatoms. The van der Waals surface area contributed by atoms with E-state index in [2.05, 4.69) is 10.1 Å². The summed E-state index contributed by atoms with van der Waals surface area (Å²) in [7, 11) is 0. The molecule has 128 valence electrons. The van der Waals surface area contributed by atoms with Crippen molar-refractivity contribution in [2.75, 3.05) is 6.61 Å². The molecule has 1 atom stereocenters. The van der Waals surface area contributed by atoms with Gasteiger partial charge < -0.3 is 10.1 Å². The second-order valence-corrected chi connectivity index (χ2v) is 5.76. The minimum absolute atomic E-state index is 0.0353. The third-order valence-electron chi connectivity index (χ3n) is 3.81. The number of esters is 1. The molecule has 0 spiro atoms. The summed E-state index contributed by atoms with van der Waals surface area (Å²) in [4.78, 5) is 23.6. The molecule has 0 aromatic heterocycles. The fraction of sp³-hybridized carbons (Fsp3) is 0.438. The fourth-order valence-corrected chi connectivity index (χ4v) is 2.32. The molecule has 1 amide bonds. The van der Waals surface area contributed by atoms with E-state index >= 15 is 0 Å². The Morgan fingerprint density at radius 3 is 2.50 bits per heavy atom. The summed E-state index contributed by atoms with van der Waals surface area (Å²) in [6.45, 7) is 0.804. The highest BCUT2D eigenvalue weighted by Gasteiger charge is 2.43. The largest absolute Gasteiger partial charge is 0.452 e. The molecule has 0 radical (unpaired) electrons. The Kier molecular flexibility index (Phi) is 4.83. The molecular weight excluding hydrogens is 325 g/mol. The lowest BCUT2D eigenvalue weighted by Gasteiger charge is -2.22. The van der Waals surface area contributed by atoms with Crippen LogP contribution in [0, 0.1) is 17.2 Å². The van der Waals surface area contributed by atoms with E-state index < -0.39 is 41.3 Å². The van der Waals surface area contributed by atoms with Crippen LogP contribution in [0.2, 0.25) is 0 Å². The Morgan fingerprint density at radius 1 is 1.33 bits per heavy atom. The average Bonchev–Trinajstić information content (AvgIpc) is 3.37. The van der Waals surface area contributed by atoms with Crippen molar-refractivity contribution in [2.24, 2.45) is 5.92 Å². The van der Waals surface area contributed by atoms with Crippen LogP contribution in [0.5, 0.6) is 0 Å². The average molecular weight is 340 g/mol. The topological polar surface area (TPSA) is 79.2 Å². The van der Waals surface area contributed by atoms with Crippen molar-refractivity contribution >= 4 is 11.9 Å². The first-order chi connectivity index (χ1) is 11.2. The minimum atomic E-state index is -4.71. The highest BCUT2D eigenvalue weighted by atomic mass is 19.4. The van der Waals surface area contributed by atoms with Gasteiger partial charge >= 0.3 is 12.1 Å². The van der Waals surface area contributed by atoms with Crippen molar-refractivity contribution < 1.29 is 27.5 Å². The number of hydrogen-bond acceptors (Lipinski definition) is 4. The van der Waals surface area contributed by atoms with E-state index in [0.717, 1.165) is 31.0 Å². The number of ether oxygens (including phenoxy) is 1. The van der Waals surface area contributed by atoms with Crippen molar-refractivity contribution in [1.82, 2.24) is 5.32 Å². The second-order valence-electron chi connectivity index (χ2n) is 5.76. The van der Waals surface area contributed by atoms with Gasteiger partial charge in [0.1, 0.15) is 5.54 Å². The number of carbonyl (C=O) groups excluding carboxylic acids is 2. The molecule has 0 bridgehead atoms. The van der Waals surface area contributed by atoms with E-state index in [0.29, 0.717) is 0 Å². The molecule has 1 aliphatic carbocycles. The molecule has 5 nitrogen and oxygen atoms in total. The molecule has 24 heavy (non-hydrogen) atoms. The molecule has 1 N–H and O–H groups in total. The number of alkyl halides is 3. The van der Waals surface area contributed by atoms with E-state index in [-0.39, 0.29) is 5.92 Å². The number of rotatable bonds is 5. The highest BCUT2D eigenvalue weighted by Crippen LogP contribution is 2.39. The van der Waals surface area contributed by atoms with Crippen LogP contribution in [0.25, 0.3) is 0 Å². The second kappa shape index (κ2) is 6.51. The van der Waals surface area contributed by atoms with Crippen molar-refractivity contribution in [3.05, 3.63) is 35.4 Å². The number of nitriles is 1. The number of nitrogens with zero attached hydrogens (tertiary/aromatic N) is 1. The number of amides is 1. The van der Waals surface area contributed by atoms with Crippen molar-refractivity contribution in [3.63, 3.8) is 0 Å². The van der Waals surface area contributed by atoms with Gasteiger partial charge in [-0.25, -0.2) is 4.79 Å². The molecule has 1 saturated carbocycles. The molecule has 0 aliphatic heterocycles. The summed E-state index contributed by atoms with van der Waals surface area (Å²) >= 11 is 0. The molecule has 0 unspecified atom stereocenters. The summed E-state index contributed by atoms with van der Waals surface area (Å²) in [5, 5.41) is 11.6. The Balaban J connectivity index is 1.99. The van der Waals surface area contributed by atoms with E-state index in [4.69, 9.17) is 5.26 Å². The zero-order valence-corrected chi connectivity index (χ0v) is 12.8. The van der Waals surface area contributed by atoms with Crippen molar-refractivity contribution in [3.8, 4) is 6.07 Å². The smallest absolute Gasteiger partial charge is 0.417 e. The van der Waals surface area contributed by atoms with Crippen molar-refractivity contribution in [1.29, 1.82) is 5.26 Å². The van der Waals surface area contributed by atoms with E-state index in [9.17, 15) is 22.8 Å². The predicted molar refractivity (Wildman–Crippen MR) is 76.6 cm³/mol. The molecule has 1 aromatic carbocycles. The molecule has 0 heterocycles. The van der Waals surface area contributed by atoms with Crippen LogP contribution in [-0.2, 0) is 15.7 Å². The van der Waals surface area contributed by atoms with Gasteiger partial charge in [-0.05, 0) is 37.8 Å². The van der Waals surface area contributed by atoms with Gasteiger partial charge in [0, 0.05) is 0 Å². The predicted octanol–water partition coefficient (Wildman–Crippen LogP) is 2.67. The lowest BCUT2D eigenvalue weighted by molar-refractivity contribution is -0.138. The lowest BCUT2D eigenvalue weighted by atomic mass is 9.98. The van der Waals surface area contributed by atoms with Crippen LogP contribution in [0.1, 0.15) is 35.7 Å². The van der Waals surface area contributed by atoms with Gasteiger partial charge in [-0.3, -0.25) is 4.79 Å². The number of hydrogen-bond donors (Lipinski definition) is 1. The quantitative estimate of drug-likeness (QED) is 0.836. The number of benzene rings is 1. The van der Waals surface area contributed by atoms with E-state index in [1.165, 1.54) is 6.07 Å². The molecule has 2 rings (SSSR count). The summed E-state index contributed by atoms with van der Waals surface area (Å²) < 4.78 is 43.2. The fourth-order valence-electron chi connectivity index (χ4n) is 2.32. The monoisotopic (exact) mass is 340 g/mol. The third-order valence-corrected chi connectivity index (χ3v) is 3.81. The van der Waals surface area contributed by atoms with Crippen molar-refractivity contribution in [2.45, 2.75) is 31.5 Å². The summed E-state index contributed by atoms with van der Waals surface area (Å²) in [6, 6.07) is 6.16. The normalized spacial score (nSPS) is 16.6. The Bertz CT molecular complexity index is 693. The van der Waals surface area contributed by atoms with Gasteiger partial charge in [-0.15, -0.1) is 0 Å². The maximum Gasteiger partial charge on any atom is 0.417 e. The summed E-state index contributed by atoms with van der Waals surface area (Å²) in [6.07, 6.45) is -3.09. The molecule has 1 fully saturated rings. The Morgan fingerprint density at radius 2 is 1.96 bits per heavy atom. The van der Waals surface area contributed by atoms with Crippen LogP contribution in [0.15, 0.2) is 24.3 Å². The summed E-state index contributed by atoms with van der Waals surface area (Å²) in [5.41, 5.74) is -2.86. The van der Waals surface area contributed by atoms with Crippen LogP contribution in [-0.4, -0.2) is 24.0 Å². The van der Waals surface area contributed by atoms with Gasteiger partial charge in [0.05, 0.1) is 17.2 Å². The first-order valence-corrected chi connectivity index (χ1v) is 7.23. The first kappa shape index (κ1) is 17.8. The van der Waals surface area contributed by atoms with Crippen LogP contribution < -0.4 is 5.32 Å². The van der Waals surface area contributed by atoms with Crippen LogP contribution in [0.4, 0.5) is 13.2 Å². The Hall–Kier alpha value is -2.56. The third kappa shape index (κ3) is 4.04. The SMILES string of the molecule is C[C@@](C#N)(NC(=O)COC(=O)c1ccccc1C(F)(F)F)C1CC1. The first-order valence-electron chi connectivity index (χ1n) is 7.23. The highest BCUT2D eigenvalue weighted by molar-refractivity contribution is 5.93.